The molecule has 2 heterocycles. The van der Waals surface area contributed by atoms with E-state index >= 15 is 0 Å². The van der Waals surface area contributed by atoms with Crippen LogP contribution in [0.5, 0.6) is 11.5 Å². The van der Waals surface area contributed by atoms with Crippen molar-refractivity contribution in [1.29, 1.82) is 0 Å². The van der Waals surface area contributed by atoms with E-state index in [-0.39, 0.29) is 85.8 Å². The Kier molecular flexibility index (Phi) is 38.5. The Morgan fingerprint density at radius 3 is 1.14 bits per heavy atom. The van der Waals surface area contributed by atoms with Crippen molar-refractivity contribution in [2.24, 2.45) is 33.5 Å². The molecule has 0 aliphatic carbocycles. The normalized spacial score (nSPS) is 13.3. The minimum absolute atomic E-state index is 0.0425. The first-order chi connectivity index (χ1) is 58.8. The molecule has 6 aromatic carbocycles. The summed E-state index contributed by atoms with van der Waals surface area (Å²) in [6.45, 7) is 24.9. The number of nitrogens with one attached hydrogen (secondary N) is 6. The van der Waals surface area contributed by atoms with E-state index in [9.17, 15) is 73.3 Å². The molecule has 33 heteroatoms. The number of pyridine rings is 2. The number of methoxy groups -OCH3 is 2. The number of hydrogen-bond donors (Lipinski definition) is 7. The highest BCUT2D eigenvalue weighted by Gasteiger charge is 2.41. The van der Waals surface area contributed by atoms with Gasteiger partial charge in [-0.25, -0.2) is 29.2 Å². The second-order valence-corrected chi connectivity index (χ2v) is 34.4. The smallest absolute Gasteiger partial charge is 0.453 e. The maximum absolute atomic E-state index is 14.3. The molecule has 125 heavy (non-hydrogen) atoms. The molecule has 0 aliphatic heterocycles. The average Bonchev–Trinajstić information content (AvgIpc) is 0.825. The SMILES string of the molecule is COC(=O)N[C@@H](C(=O)NN(Cc1ccc(-c2ccccn2)cc1)C[C@H](O)C(Cc1ccccc1)NC(=O)[C@H](CC(C)=O)C(C)(C)C)C(C)(C)C.COC(=O)N[C@@H](C(=O)NN(Cc1ccc(-c2ccccn2)cc1)C[C@H](OC(=O)Oc1ccc([N+](=O)[O-])cc1)C(Cc1ccccc1)NC(=O)[C@H](CC(C)=O)C(C)(C)C)C(C)(C)C.O=C(Cl)Oc1ccc([N+](=O)[O-])cc1. The lowest BCUT2D eigenvalue weighted by molar-refractivity contribution is -0.385. The first kappa shape index (κ1) is 101. The number of halogens is 1. The number of rotatable bonds is 35. The quantitative estimate of drug-likeness (QED) is 0.00484. The van der Waals surface area contributed by atoms with Gasteiger partial charge in [0.15, 0.2) is 0 Å². The van der Waals surface area contributed by atoms with Crippen LogP contribution in [0, 0.1) is 53.7 Å². The highest BCUT2D eigenvalue weighted by Crippen LogP contribution is 2.33. The number of alkyl carbamates (subject to hydrolysis) is 2. The van der Waals surface area contributed by atoms with Crippen molar-refractivity contribution in [2.45, 2.75) is 172 Å². The number of Topliss-reactive ketones (excluding diaryl/α,β-unsaturated/α-hetero) is 2. The summed E-state index contributed by atoms with van der Waals surface area (Å²) >= 11 is 4.92. The van der Waals surface area contributed by atoms with E-state index < -0.39 is 121 Å². The molecule has 2 aromatic heterocycles. The predicted octanol–water partition coefficient (Wildman–Crippen LogP) is 14.6. The Balaban J connectivity index is 0.000000342. The van der Waals surface area contributed by atoms with E-state index in [0.717, 1.165) is 44.8 Å². The fourth-order valence-corrected chi connectivity index (χ4v) is 13.0. The fraction of sp³-hybridized carbons (Fsp3) is 0.391. The van der Waals surface area contributed by atoms with E-state index in [4.69, 9.17) is 30.5 Å². The number of non-ortho nitro benzene ring substituents is 2. The molecule has 8 rings (SSSR count). The molecule has 7 N–H and O–H groups in total. The van der Waals surface area contributed by atoms with Gasteiger partial charge in [0, 0.05) is 104 Å². The Morgan fingerprint density at radius 1 is 0.440 bits per heavy atom. The van der Waals surface area contributed by atoms with Crippen LogP contribution in [-0.2, 0) is 68.9 Å². The highest BCUT2D eigenvalue weighted by molar-refractivity contribution is 6.61. The van der Waals surface area contributed by atoms with E-state index in [0.29, 0.717) is 6.42 Å². The van der Waals surface area contributed by atoms with E-state index in [1.165, 1.54) is 81.6 Å². The number of ether oxygens (including phenoxy) is 5. The molecule has 668 valence electrons. The number of ketones is 2. The fourth-order valence-electron chi connectivity index (χ4n) is 13.0. The number of carbonyl (C=O) groups is 10. The maximum atomic E-state index is 14.3. The van der Waals surface area contributed by atoms with Crippen molar-refractivity contribution in [3.63, 3.8) is 0 Å². The summed E-state index contributed by atoms with van der Waals surface area (Å²) in [6, 6.07) is 51.1. The standard InChI is InChI=1S/C46H56N6O10.C39H53N5O6.C7H4ClNO4/c1-30(53)26-36(45(2,3)4)41(54)48-38(27-31-14-10-9-11-15-31)39(62-44(57)61-35-23-21-34(22-24-35)52(58)59)29-51(50-42(55)40(46(5,6)7)49-43(56)60-8)28-32-17-19-33(20-18-32)37-16-12-13-25-47-37;1-26(45)22-30(38(2,3)4)35(47)41-32(23-27-14-10-9-11-15-27)33(46)25-44(43-36(48)34(39(5,6)7)42-37(49)50-8)24-28-17-19-29(20-18-28)31-16-12-13-21-40-31;8-7(10)13-6-3-1-5(2-4-6)9(11)12/h9-25,36,38-40H,26-29H2,1-8H3,(H,48,54)(H,49,56)(H,50,55);9-21,30,32-34,46H,22-25H2,1-8H3,(H,41,47)(H,42,49)(H,43,48);1-4H/t36-,38?,39-,40-;30-,32?,33-,34-;/m00./s1. The number of benzene rings is 6. The number of aromatic nitrogens is 2. The third-order valence-electron chi connectivity index (χ3n) is 19.7. The van der Waals surface area contributed by atoms with Gasteiger partial charge in [-0.3, -0.25) is 60.2 Å². The lowest BCUT2D eigenvalue weighted by Gasteiger charge is -2.36. The van der Waals surface area contributed by atoms with Crippen molar-refractivity contribution in [2.75, 3.05) is 27.3 Å². The monoisotopic (exact) mass is 1740 g/mol. The van der Waals surface area contributed by atoms with Gasteiger partial charge in [-0.2, -0.15) is 0 Å². The lowest BCUT2D eigenvalue weighted by Crippen LogP contribution is -2.60. The summed E-state index contributed by atoms with van der Waals surface area (Å²) in [6.07, 6.45) is -1.31. The van der Waals surface area contributed by atoms with Crippen LogP contribution in [0.15, 0.2) is 207 Å². The van der Waals surface area contributed by atoms with Crippen molar-refractivity contribution in [3.05, 3.63) is 249 Å². The number of aliphatic hydroxyl groups is 1. The van der Waals surface area contributed by atoms with Crippen molar-refractivity contribution in [1.82, 2.24) is 52.1 Å². The zero-order chi connectivity index (χ0) is 92.5. The van der Waals surface area contributed by atoms with Crippen LogP contribution in [0.1, 0.15) is 132 Å². The second-order valence-electron chi connectivity index (χ2n) is 34.1. The van der Waals surface area contributed by atoms with Gasteiger partial charge in [0.25, 0.3) is 23.2 Å². The van der Waals surface area contributed by atoms with Crippen LogP contribution in [0.4, 0.5) is 30.6 Å². The molecule has 0 saturated heterocycles. The van der Waals surface area contributed by atoms with Gasteiger partial charge >= 0.3 is 23.8 Å². The topological polar surface area (TPSA) is 428 Å². The van der Waals surface area contributed by atoms with Gasteiger partial charge in [0.1, 0.15) is 41.3 Å². The number of amides is 6. The minimum atomic E-state index is -1.27. The molecule has 0 fully saturated rings. The molecule has 8 atom stereocenters. The zero-order valence-corrected chi connectivity index (χ0v) is 73.9. The predicted molar refractivity (Wildman–Crippen MR) is 470 cm³/mol. The Labute approximate surface area is 732 Å². The number of aliphatic hydroxyl groups excluding tert-OH is 1. The molecule has 8 aromatic rings. The third kappa shape index (κ3) is 34.7. The molecule has 0 bridgehead atoms. The van der Waals surface area contributed by atoms with Crippen LogP contribution in [0.3, 0.4) is 0 Å². The summed E-state index contributed by atoms with van der Waals surface area (Å²) in [4.78, 5) is 158. The lowest BCUT2D eigenvalue weighted by atomic mass is 9.77. The number of nitrogens with zero attached hydrogens (tertiary/aromatic N) is 6. The van der Waals surface area contributed by atoms with Crippen LogP contribution in [-0.4, -0.2) is 158 Å². The van der Waals surface area contributed by atoms with Gasteiger partial charge in [-0.1, -0.05) is 204 Å². The van der Waals surface area contributed by atoms with Crippen LogP contribution >= 0.6 is 11.6 Å². The number of hydrogen-bond acceptors (Lipinski definition) is 24. The number of hydrazine groups is 2. The number of carbonyl (C=O) groups excluding carboxylic acids is 10. The van der Waals surface area contributed by atoms with E-state index in [1.807, 2.05) is 208 Å². The van der Waals surface area contributed by atoms with Gasteiger partial charge < -0.3 is 59.6 Å². The Hall–Kier alpha value is -12.9. The van der Waals surface area contributed by atoms with Gasteiger partial charge in [-0.15, -0.1) is 0 Å². The summed E-state index contributed by atoms with van der Waals surface area (Å²) in [5.74, 6) is -3.44. The van der Waals surface area contributed by atoms with Gasteiger partial charge in [0.2, 0.25) is 11.8 Å². The molecular formula is C92H113ClN12O20. The number of nitro groups is 2. The van der Waals surface area contributed by atoms with Crippen molar-refractivity contribution in [3.8, 4) is 34.0 Å². The van der Waals surface area contributed by atoms with Crippen LogP contribution < -0.4 is 41.6 Å². The van der Waals surface area contributed by atoms with Crippen molar-refractivity contribution >= 4 is 81.9 Å². The van der Waals surface area contributed by atoms with Crippen LogP contribution in [0.25, 0.3) is 22.5 Å². The molecule has 32 nitrogen and oxygen atoms in total. The minimum Gasteiger partial charge on any atom is -0.453 e. The average molecular weight is 1740 g/mol. The summed E-state index contributed by atoms with van der Waals surface area (Å²) < 4.78 is 25.6. The highest BCUT2D eigenvalue weighted by atomic mass is 35.5. The molecule has 2 unspecified atom stereocenters. The maximum Gasteiger partial charge on any atom is 0.514 e. The molecule has 6 amide bonds. The summed E-state index contributed by atoms with van der Waals surface area (Å²) in [5.41, 5.74) is 8.49. The number of nitro benzene ring substituents is 2. The van der Waals surface area contributed by atoms with E-state index in [1.54, 1.807) is 38.2 Å². The Bertz CT molecular complexity index is 4880. The molecule has 0 aliphatic rings. The molecule has 0 spiro atoms. The van der Waals surface area contributed by atoms with Gasteiger partial charge in [0.05, 0.1) is 60.2 Å². The zero-order valence-electron chi connectivity index (χ0n) is 73.2. The van der Waals surface area contributed by atoms with Crippen molar-refractivity contribution < 1.29 is 86.6 Å². The first-order valence-electron chi connectivity index (χ1n) is 40.2. The molecule has 0 radical (unpaired) electrons. The Morgan fingerprint density at radius 2 is 0.800 bits per heavy atom. The van der Waals surface area contributed by atoms with Crippen LogP contribution in [0.2, 0.25) is 0 Å². The molecular weight excluding hydrogens is 1630 g/mol. The second kappa shape index (κ2) is 47.7. The first-order valence-corrected chi connectivity index (χ1v) is 40.6. The van der Waals surface area contributed by atoms with Gasteiger partial charge in [-0.05, 0) is 119 Å². The molecule has 0 saturated carbocycles. The largest absolute Gasteiger partial charge is 0.514 e. The summed E-state index contributed by atoms with van der Waals surface area (Å²) in [7, 11) is 2.42. The third-order valence-corrected chi connectivity index (χ3v) is 19.8. The summed E-state index contributed by atoms with van der Waals surface area (Å²) in [5, 5.41) is 47.8. The van der Waals surface area contributed by atoms with E-state index in [2.05, 4.69) is 46.8 Å².